The number of nitrogens with two attached hydrogens (primary N) is 1. The fraction of sp³-hybridized carbons (Fsp3) is 0.217. The minimum absolute atomic E-state index is 0.231. The highest BCUT2D eigenvalue weighted by molar-refractivity contribution is 7.16. The highest BCUT2D eigenvalue weighted by Crippen LogP contribution is 2.36. The van der Waals surface area contributed by atoms with Crippen LogP contribution >= 0.6 is 11.3 Å². The summed E-state index contributed by atoms with van der Waals surface area (Å²) in [5.41, 5.74) is 11.6. The SMILES string of the molecule is CN=CC(=CN)c1cc(OC2COCC2O)c2c(Nc3ccc4ncsc4c3)ncnc2c1. The number of anilines is 2. The van der Waals surface area contributed by atoms with Crippen molar-refractivity contribution in [1.82, 2.24) is 15.0 Å². The zero-order valence-electron chi connectivity index (χ0n) is 17.8. The number of aliphatic hydroxyl groups excluding tert-OH is 1. The van der Waals surface area contributed by atoms with Crippen LogP contribution in [-0.4, -0.2) is 58.7 Å². The molecule has 0 saturated carbocycles. The molecular formula is C23H22N6O3S. The molecule has 0 bridgehead atoms. The lowest BCUT2D eigenvalue weighted by atomic mass is 10.0. The number of allylic oxidation sites excluding steroid dienone is 1. The molecule has 2 atom stereocenters. The van der Waals surface area contributed by atoms with Gasteiger partial charge in [-0.15, -0.1) is 11.3 Å². The predicted molar refractivity (Wildman–Crippen MR) is 130 cm³/mol. The molecule has 2 aromatic carbocycles. The molecule has 1 saturated heterocycles. The van der Waals surface area contributed by atoms with Gasteiger partial charge in [-0.25, -0.2) is 15.0 Å². The van der Waals surface area contributed by atoms with Crippen molar-refractivity contribution in [3.05, 3.63) is 53.9 Å². The zero-order chi connectivity index (χ0) is 22.8. The summed E-state index contributed by atoms with van der Waals surface area (Å²) in [6.45, 7) is 0.524. The van der Waals surface area contributed by atoms with Crippen molar-refractivity contribution < 1.29 is 14.6 Å². The topological polar surface area (TPSA) is 128 Å². The van der Waals surface area contributed by atoms with E-state index in [9.17, 15) is 5.11 Å². The fourth-order valence-corrected chi connectivity index (χ4v) is 4.45. The van der Waals surface area contributed by atoms with Crippen LogP contribution in [0.15, 0.2) is 53.4 Å². The number of benzene rings is 2. The summed E-state index contributed by atoms with van der Waals surface area (Å²) in [6, 6.07) is 9.70. The van der Waals surface area contributed by atoms with Crippen molar-refractivity contribution in [2.45, 2.75) is 12.2 Å². The first kappa shape index (κ1) is 21.3. The van der Waals surface area contributed by atoms with Gasteiger partial charge >= 0.3 is 0 Å². The first-order chi connectivity index (χ1) is 16.2. The Labute approximate surface area is 193 Å². The number of hydrogen-bond donors (Lipinski definition) is 3. The smallest absolute Gasteiger partial charge is 0.150 e. The number of aliphatic hydroxyl groups is 1. The normalized spacial score (nSPS) is 19.0. The van der Waals surface area contributed by atoms with E-state index in [2.05, 4.69) is 25.3 Å². The number of aliphatic imine (C=N–C) groups is 1. The Hall–Kier alpha value is -3.60. The maximum Gasteiger partial charge on any atom is 0.150 e. The largest absolute Gasteiger partial charge is 0.484 e. The van der Waals surface area contributed by atoms with E-state index in [0.717, 1.165) is 27.0 Å². The number of aromatic nitrogens is 3. The molecule has 10 heteroatoms. The molecule has 1 fully saturated rings. The molecule has 5 rings (SSSR count). The minimum atomic E-state index is -0.722. The van der Waals surface area contributed by atoms with Crippen molar-refractivity contribution in [3.8, 4) is 5.75 Å². The molecule has 33 heavy (non-hydrogen) atoms. The second kappa shape index (κ2) is 9.10. The van der Waals surface area contributed by atoms with Crippen LogP contribution in [0.2, 0.25) is 0 Å². The molecule has 168 valence electrons. The number of nitrogens with zero attached hydrogens (tertiary/aromatic N) is 4. The lowest BCUT2D eigenvalue weighted by Crippen LogP contribution is -2.29. The molecule has 2 aromatic heterocycles. The lowest BCUT2D eigenvalue weighted by Gasteiger charge is -2.19. The second-order valence-corrected chi connectivity index (χ2v) is 8.41. The Morgan fingerprint density at radius 2 is 2.15 bits per heavy atom. The average Bonchev–Trinajstić information content (AvgIpc) is 3.45. The third-order valence-electron chi connectivity index (χ3n) is 5.36. The van der Waals surface area contributed by atoms with Crippen LogP contribution < -0.4 is 15.8 Å². The molecule has 2 unspecified atom stereocenters. The maximum absolute atomic E-state index is 10.3. The number of rotatable bonds is 6. The number of nitrogens with one attached hydrogen (secondary N) is 1. The molecule has 0 radical (unpaired) electrons. The number of ether oxygens (including phenoxy) is 2. The lowest BCUT2D eigenvalue weighted by molar-refractivity contribution is 0.0743. The van der Waals surface area contributed by atoms with Gasteiger partial charge in [0.25, 0.3) is 0 Å². The van der Waals surface area contributed by atoms with Gasteiger partial charge < -0.3 is 25.6 Å². The third kappa shape index (κ3) is 4.23. The van der Waals surface area contributed by atoms with Crippen LogP contribution in [0.25, 0.3) is 26.7 Å². The van der Waals surface area contributed by atoms with Crippen molar-refractivity contribution in [2.75, 3.05) is 25.6 Å². The van der Waals surface area contributed by atoms with E-state index in [1.54, 1.807) is 24.6 Å². The second-order valence-electron chi connectivity index (χ2n) is 7.52. The van der Waals surface area contributed by atoms with Crippen LogP contribution in [0.5, 0.6) is 5.75 Å². The van der Waals surface area contributed by atoms with Gasteiger partial charge in [0.05, 0.1) is 39.8 Å². The van der Waals surface area contributed by atoms with Crippen LogP contribution in [0.1, 0.15) is 5.56 Å². The van der Waals surface area contributed by atoms with E-state index in [-0.39, 0.29) is 6.61 Å². The summed E-state index contributed by atoms with van der Waals surface area (Å²) in [4.78, 5) is 17.4. The standard InChI is InChI=1S/C23H22N6O3S/c1-25-8-14(7-24)13-4-17-22(19(5-13)32-20-10-31-9-18(20)30)23(27-11-26-17)29-15-2-3-16-21(6-15)33-12-28-16/h2-8,11-12,18,20,30H,9-10,24H2,1H3,(H,26,27,29). The summed E-state index contributed by atoms with van der Waals surface area (Å²) < 4.78 is 12.7. The van der Waals surface area contributed by atoms with Crippen molar-refractivity contribution in [3.63, 3.8) is 0 Å². The van der Waals surface area contributed by atoms with Crippen LogP contribution in [-0.2, 0) is 4.74 Å². The highest BCUT2D eigenvalue weighted by atomic mass is 32.1. The van der Waals surface area contributed by atoms with Gasteiger partial charge in [0.1, 0.15) is 30.1 Å². The van der Waals surface area contributed by atoms with Crippen molar-refractivity contribution in [2.24, 2.45) is 10.7 Å². The van der Waals surface area contributed by atoms with Gasteiger partial charge in [-0.05, 0) is 35.9 Å². The van der Waals surface area contributed by atoms with Crippen molar-refractivity contribution >= 4 is 55.7 Å². The molecule has 4 aromatic rings. The molecule has 1 aliphatic rings. The van der Waals surface area contributed by atoms with Gasteiger partial charge in [0, 0.05) is 30.7 Å². The summed E-state index contributed by atoms with van der Waals surface area (Å²) in [5, 5.41) is 14.3. The average molecular weight is 463 g/mol. The zero-order valence-corrected chi connectivity index (χ0v) is 18.6. The first-order valence-corrected chi connectivity index (χ1v) is 11.2. The summed E-state index contributed by atoms with van der Waals surface area (Å²) in [7, 11) is 1.68. The summed E-state index contributed by atoms with van der Waals surface area (Å²) >= 11 is 1.57. The van der Waals surface area contributed by atoms with Gasteiger partial charge in [0.15, 0.2) is 0 Å². The Morgan fingerprint density at radius 3 is 2.94 bits per heavy atom. The van der Waals surface area contributed by atoms with E-state index in [4.69, 9.17) is 15.2 Å². The molecule has 0 amide bonds. The summed E-state index contributed by atoms with van der Waals surface area (Å²) in [6.07, 6.45) is 3.42. The highest BCUT2D eigenvalue weighted by Gasteiger charge is 2.29. The Morgan fingerprint density at radius 1 is 1.24 bits per heavy atom. The molecule has 1 aliphatic heterocycles. The number of thiazole rings is 1. The van der Waals surface area contributed by atoms with Crippen LogP contribution in [0.3, 0.4) is 0 Å². The monoisotopic (exact) mass is 462 g/mol. The van der Waals surface area contributed by atoms with Gasteiger partial charge in [-0.3, -0.25) is 4.99 Å². The molecule has 0 spiro atoms. The van der Waals surface area contributed by atoms with Gasteiger partial charge in [0.2, 0.25) is 0 Å². The van der Waals surface area contributed by atoms with E-state index in [1.807, 2.05) is 35.8 Å². The van der Waals surface area contributed by atoms with Crippen LogP contribution in [0, 0.1) is 0 Å². The first-order valence-electron chi connectivity index (χ1n) is 10.3. The van der Waals surface area contributed by atoms with E-state index >= 15 is 0 Å². The molecule has 9 nitrogen and oxygen atoms in total. The molecule has 3 heterocycles. The minimum Gasteiger partial charge on any atom is -0.484 e. The molecular weight excluding hydrogens is 440 g/mol. The molecule has 4 N–H and O–H groups in total. The maximum atomic E-state index is 10.3. The van der Waals surface area contributed by atoms with E-state index in [1.165, 1.54) is 12.5 Å². The summed E-state index contributed by atoms with van der Waals surface area (Å²) in [5.74, 6) is 1.10. The molecule has 0 aliphatic carbocycles. The quantitative estimate of drug-likeness (QED) is 0.373. The Bertz CT molecular complexity index is 1370. The number of fused-ring (bicyclic) bond motifs is 2. The van der Waals surface area contributed by atoms with Crippen molar-refractivity contribution in [1.29, 1.82) is 0 Å². The van der Waals surface area contributed by atoms with E-state index < -0.39 is 12.2 Å². The van der Waals surface area contributed by atoms with E-state index in [0.29, 0.717) is 29.1 Å². The van der Waals surface area contributed by atoms with Gasteiger partial charge in [-0.1, -0.05) is 0 Å². The predicted octanol–water partition coefficient (Wildman–Crippen LogP) is 3.12. The Balaban J connectivity index is 1.63. The fourth-order valence-electron chi connectivity index (χ4n) is 3.73. The van der Waals surface area contributed by atoms with Gasteiger partial charge in [-0.2, -0.15) is 0 Å². The third-order valence-corrected chi connectivity index (χ3v) is 6.15. The Kier molecular flexibility index (Phi) is 5.86. The van der Waals surface area contributed by atoms with Crippen LogP contribution in [0.4, 0.5) is 11.5 Å². The number of hydrogen-bond acceptors (Lipinski definition) is 10.